The Morgan fingerprint density at radius 2 is 1.83 bits per heavy atom. The maximum Gasteiger partial charge on any atom is 0.142 e. The first kappa shape index (κ1) is 28.0. The standard InChI is InChI=1S/C32H45N7O2/c1-4-21-17-26-30(36-32(21)35-23-6-7-25(40)19-23)27(20-34-31(26)33)22-5-8-28(29(18-22)41-3)39-11-9-24(10-12-39)38-15-13-37(2)14-16-38/h5,8,17-18,20,23-25,40H,4,6-7,9-16,19H2,1-3H3,(H2,33,34)(H,35,36). The Labute approximate surface area is 243 Å². The van der Waals surface area contributed by atoms with Gasteiger partial charge < -0.3 is 30.7 Å². The third kappa shape index (κ3) is 5.80. The number of aromatic nitrogens is 2. The van der Waals surface area contributed by atoms with E-state index in [1.54, 1.807) is 7.11 Å². The summed E-state index contributed by atoms with van der Waals surface area (Å²) in [6.07, 6.45) is 7.30. The van der Waals surface area contributed by atoms with E-state index in [9.17, 15) is 5.11 Å². The third-order valence-electron chi connectivity index (χ3n) is 9.44. The molecule has 0 bridgehead atoms. The number of likely N-dealkylation sites (N-methyl/N-ethyl adjacent to an activating group) is 1. The second-order valence-electron chi connectivity index (χ2n) is 12.1. The number of ether oxygens (including phenoxy) is 1. The molecule has 3 aromatic rings. The Hall–Kier alpha value is -3.14. The number of hydrogen-bond donors (Lipinski definition) is 3. The number of nitrogens with zero attached hydrogens (tertiary/aromatic N) is 5. The molecule has 6 rings (SSSR count). The fourth-order valence-electron chi connectivity index (χ4n) is 6.87. The van der Waals surface area contributed by atoms with Gasteiger partial charge in [-0.15, -0.1) is 0 Å². The molecule has 41 heavy (non-hydrogen) atoms. The number of aliphatic hydroxyl groups is 1. The van der Waals surface area contributed by atoms with E-state index in [-0.39, 0.29) is 12.1 Å². The molecule has 2 aromatic heterocycles. The number of piperazine rings is 1. The van der Waals surface area contributed by atoms with Crippen molar-refractivity contribution >= 4 is 28.2 Å². The minimum absolute atomic E-state index is 0.225. The maximum absolute atomic E-state index is 10.0. The number of benzene rings is 1. The molecule has 3 fully saturated rings. The number of pyridine rings is 2. The minimum Gasteiger partial charge on any atom is -0.495 e. The second-order valence-corrected chi connectivity index (χ2v) is 12.1. The Morgan fingerprint density at radius 1 is 1.05 bits per heavy atom. The molecule has 0 spiro atoms. The molecule has 1 aliphatic carbocycles. The SMILES string of the molecule is CCc1cc2c(N)ncc(-c3ccc(N4CCC(N5CCN(C)CC5)CC4)c(OC)c3)c2nc1NC1CCC(O)C1. The number of aliphatic hydroxyl groups excluding tert-OH is 1. The number of rotatable bonds is 7. The van der Waals surface area contributed by atoms with Gasteiger partial charge in [-0.05, 0) is 74.9 Å². The minimum atomic E-state index is -0.239. The number of nitrogens with one attached hydrogen (secondary N) is 1. The van der Waals surface area contributed by atoms with Crippen molar-refractivity contribution < 1.29 is 9.84 Å². The van der Waals surface area contributed by atoms with Crippen LogP contribution in [-0.4, -0.2) is 96.5 Å². The van der Waals surface area contributed by atoms with E-state index < -0.39 is 0 Å². The van der Waals surface area contributed by atoms with Crippen molar-refractivity contribution in [3.63, 3.8) is 0 Å². The highest BCUT2D eigenvalue weighted by Gasteiger charge is 2.28. The van der Waals surface area contributed by atoms with Crippen LogP contribution in [0.2, 0.25) is 0 Å². The quantitative estimate of drug-likeness (QED) is 0.396. The Bertz CT molecular complexity index is 1370. The van der Waals surface area contributed by atoms with Gasteiger partial charge in [-0.3, -0.25) is 4.90 Å². The summed E-state index contributed by atoms with van der Waals surface area (Å²) in [6, 6.07) is 9.48. The smallest absolute Gasteiger partial charge is 0.142 e. The van der Waals surface area contributed by atoms with Crippen LogP contribution in [0.25, 0.3) is 22.0 Å². The summed E-state index contributed by atoms with van der Waals surface area (Å²) in [5, 5.41) is 14.5. The molecule has 2 aliphatic heterocycles. The monoisotopic (exact) mass is 559 g/mol. The van der Waals surface area contributed by atoms with E-state index in [1.165, 1.54) is 39.0 Å². The van der Waals surface area contributed by atoms with Crippen molar-refractivity contribution in [2.75, 3.05) is 69.4 Å². The Morgan fingerprint density at radius 3 is 2.51 bits per heavy atom. The third-order valence-corrected chi connectivity index (χ3v) is 9.44. The number of hydrogen-bond acceptors (Lipinski definition) is 9. The summed E-state index contributed by atoms with van der Waals surface area (Å²) in [4.78, 5) is 17.3. The fraction of sp³-hybridized carbons (Fsp3) is 0.562. The number of anilines is 3. The highest BCUT2D eigenvalue weighted by molar-refractivity contribution is 6.00. The molecular formula is C32H45N7O2. The van der Waals surface area contributed by atoms with Gasteiger partial charge in [0.15, 0.2) is 0 Å². The van der Waals surface area contributed by atoms with Gasteiger partial charge in [0.05, 0.1) is 24.4 Å². The van der Waals surface area contributed by atoms with E-state index in [4.69, 9.17) is 15.5 Å². The van der Waals surface area contributed by atoms with Crippen LogP contribution in [0.3, 0.4) is 0 Å². The van der Waals surface area contributed by atoms with Gasteiger partial charge in [-0.2, -0.15) is 0 Å². The molecule has 0 amide bonds. The van der Waals surface area contributed by atoms with Crippen LogP contribution in [0.5, 0.6) is 5.75 Å². The van der Waals surface area contributed by atoms with Gasteiger partial charge in [-0.1, -0.05) is 13.0 Å². The van der Waals surface area contributed by atoms with Crippen molar-refractivity contribution in [3.05, 3.63) is 36.0 Å². The van der Waals surface area contributed by atoms with Crippen LogP contribution >= 0.6 is 0 Å². The molecule has 4 N–H and O–H groups in total. The van der Waals surface area contributed by atoms with Crippen LogP contribution in [0.1, 0.15) is 44.6 Å². The first-order valence-corrected chi connectivity index (χ1v) is 15.3. The normalized spacial score (nSPS) is 22.9. The molecule has 9 heteroatoms. The van der Waals surface area contributed by atoms with E-state index in [2.05, 4.69) is 63.2 Å². The summed E-state index contributed by atoms with van der Waals surface area (Å²) in [5.41, 5.74) is 11.4. The summed E-state index contributed by atoms with van der Waals surface area (Å²) in [5.74, 6) is 2.23. The molecule has 9 nitrogen and oxygen atoms in total. The zero-order chi connectivity index (χ0) is 28.5. The molecule has 0 radical (unpaired) electrons. The lowest BCUT2D eigenvalue weighted by Gasteiger charge is -2.42. The second kappa shape index (κ2) is 12.0. The predicted molar refractivity (Wildman–Crippen MR) is 167 cm³/mol. The van der Waals surface area contributed by atoms with Crippen molar-refractivity contribution in [2.24, 2.45) is 0 Å². The average Bonchev–Trinajstić information content (AvgIpc) is 3.41. The van der Waals surface area contributed by atoms with E-state index in [0.717, 1.165) is 83.6 Å². The lowest BCUT2D eigenvalue weighted by atomic mass is 9.99. The predicted octanol–water partition coefficient (Wildman–Crippen LogP) is 3.99. The average molecular weight is 560 g/mol. The summed E-state index contributed by atoms with van der Waals surface area (Å²) < 4.78 is 5.95. The molecule has 1 saturated carbocycles. The van der Waals surface area contributed by atoms with Crippen LogP contribution in [0, 0.1) is 0 Å². The van der Waals surface area contributed by atoms with Crippen LogP contribution in [-0.2, 0) is 6.42 Å². The van der Waals surface area contributed by atoms with Crippen molar-refractivity contribution in [1.29, 1.82) is 0 Å². The summed E-state index contributed by atoms with van der Waals surface area (Å²) in [6.45, 7) is 8.88. The van der Waals surface area contributed by atoms with Gasteiger partial charge in [0, 0.05) is 68.5 Å². The number of nitrogens with two attached hydrogens (primary N) is 1. The molecule has 2 saturated heterocycles. The largest absolute Gasteiger partial charge is 0.495 e. The molecule has 2 unspecified atom stereocenters. The van der Waals surface area contributed by atoms with Crippen LogP contribution < -0.4 is 20.7 Å². The van der Waals surface area contributed by atoms with Crippen LogP contribution in [0.15, 0.2) is 30.5 Å². The summed E-state index contributed by atoms with van der Waals surface area (Å²) in [7, 11) is 3.97. The molecule has 220 valence electrons. The molecule has 4 heterocycles. The van der Waals surface area contributed by atoms with Crippen molar-refractivity contribution in [1.82, 2.24) is 19.8 Å². The molecule has 1 aromatic carbocycles. The molecular weight excluding hydrogens is 514 g/mol. The Balaban J connectivity index is 1.26. The van der Waals surface area contributed by atoms with Gasteiger partial charge in [0.1, 0.15) is 17.4 Å². The van der Waals surface area contributed by atoms with Gasteiger partial charge in [0.2, 0.25) is 0 Å². The van der Waals surface area contributed by atoms with Crippen LogP contribution in [0.4, 0.5) is 17.3 Å². The number of piperidine rings is 1. The first-order chi connectivity index (χ1) is 19.9. The van der Waals surface area contributed by atoms with Gasteiger partial charge >= 0.3 is 0 Å². The topological polar surface area (TPSA) is 103 Å². The summed E-state index contributed by atoms with van der Waals surface area (Å²) >= 11 is 0. The zero-order valence-electron chi connectivity index (χ0n) is 24.8. The first-order valence-electron chi connectivity index (χ1n) is 15.3. The molecule has 3 aliphatic rings. The van der Waals surface area contributed by atoms with Gasteiger partial charge in [-0.25, -0.2) is 9.97 Å². The van der Waals surface area contributed by atoms with E-state index in [1.807, 2.05) is 6.20 Å². The number of nitrogen functional groups attached to an aromatic ring is 1. The highest BCUT2D eigenvalue weighted by Crippen LogP contribution is 2.38. The zero-order valence-corrected chi connectivity index (χ0v) is 24.8. The number of methoxy groups -OCH3 is 1. The van der Waals surface area contributed by atoms with Gasteiger partial charge in [0.25, 0.3) is 0 Å². The lowest BCUT2D eigenvalue weighted by Crippen LogP contribution is -2.52. The molecule has 2 atom stereocenters. The fourth-order valence-corrected chi connectivity index (χ4v) is 6.87. The number of fused-ring (bicyclic) bond motifs is 1. The van der Waals surface area contributed by atoms with Crippen molar-refractivity contribution in [3.8, 4) is 16.9 Å². The lowest BCUT2D eigenvalue weighted by molar-refractivity contribution is 0.0981. The van der Waals surface area contributed by atoms with E-state index >= 15 is 0 Å². The van der Waals surface area contributed by atoms with Crippen molar-refractivity contribution in [2.45, 2.75) is 63.6 Å². The van der Waals surface area contributed by atoms with E-state index in [0.29, 0.717) is 11.9 Å². The highest BCUT2D eigenvalue weighted by atomic mass is 16.5. The maximum atomic E-state index is 10.0. The Kier molecular flexibility index (Phi) is 8.19. The number of aryl methyl sites for hydroxylation is 1.